The molecule has 0 aliphatic carbocycles. The van der Waals surface area contributed by atoms with E-state index in [1.807, 2.05) is 48.5 Å². The molecule has 7 nitrogen and oxygen atoms in total. The van der Waals surface area contributed by atoms with Crippen LogP contribution < -0.4 is 15.4 Å². The molecule has 0 aliphatic rings. The Labute approximate surface area is 235 Å². The number of benzene rings is 3. The highest BCUT2D eigenvalue weighted by Gasteiger charge is 2.30. The molecular formula is C31H28F3N3O4. The molecule has 10 heteroatoms. The highest BCUT2D eigenvalue weighted by Crippen LogP contribution is 2.33. The molecule has 3 aromatic carbocycles. The molecule has 1 heterocycles. The maximum absolute atomic E-state index is 12.8. The topological polar surface area (TPSA) is 89.5 Å². The quantitative estimate of drug-likeness (QED) is 0.227. The van der Waals surface area contributed by atoms with Gasteiger partial charge in [0.15, 0.2) is 0 Å². The molecule has 0 fully saturated rings. The Morgan fingerprint density at radius 1 is 0.829 bits per heavy atom. The third-order valence-corrected chi connectivity index (χ3v) is 6.19. The summed E-state index contributed by atoms with van der Waals surface area (Å²) in [4.78, 5) is 29.2. The largest absolute Gasteiger partial charge is 0.442 e. The number of para-hydroxylation sites is 1. The smallest absolute Gasteiger partial charge is 0.416 e. The molecule has 0 unspecified atom stereocenters. The number of aromatic nitrogens is 1. The highest BCUT2D eigenvalue weighted by atomic mass is 19.4. The molecule has 1 atom stereocenters. The molecule has 1 aromatic heterocycles. The Kier molecular flexibility index (Phi) is 9.57. The van der Waals surface area contributed by atoms with Crippen LogP contribution >= 0.6 is 0 Å². The third-order valence-electron chi connectivity index (χ3n) is 6.19. The number of carbonyl (C=O) groups excluding carboxylic acids is 2. The number of carbonyl (C=O) groups is 2. The van der Waals surface area contributed by atoms with Crippen molar-refractivity contribution in [1.82, 2.24) is 15.6 Å². The maximum Gasteiger partial charge on any atom is 0.416 e. The van der Waals surface area contributed by atoms with Crippen LogP contribution in [0, 0.1) is 0 Å². The van der Waals surface area contributed by atoms with Crippen LogP contribution in [0.5, 0.6) is 5.75 Å². The van der Waals surface area contributed by atoms with Crippen LogP contribution in [0.4, 0.5) is 22.8 Å². The van der Waals surface area contributed by atoms with Crippen LogP contribution in [-0.4, -0.2) is 23.7 Å². The van der Waals surface area contributed by atoms with Crippen molar-refractivity contribution >= 4 is 12.2 Å². The van der Waals surface area contributed by atoms with E-state index < -0.39 is 30.0 Å². The van der Waals surface area contributed by atoms with Gasteiger partial charge in [-0.2, -0.15) is 13.2 Å². The lowest BCUT2D eigenvalue weighted by Gasteiger charge is -2.17. The average Bonchev–Trinajstić information content (AvgIpc) is 2.97. The number of hydrogen-bond donors (Lipinski definition) is 2. The van der Waals surface area contributed by atoms with E-state index >= 15 is 0 Å². The zero-order valence-electron chi connectivity index (χ0n) is 22.2. The van der Waals surface area contributed by atoms with E-state index in [1.165, 1.54) is 12.1 Å². The monoisotopic (exact) mass is 563 g/mol. The molecule has 0 bridgehead atoms. The number of halogens is 3. The normalized spacial score (nSPS) is 11.8. The van der Waals surface area contributed by atoms with Crippen molar-refractivity contribution in [2.75, 3.05) is 6.54 Å². The van der Waals surface area contributed by atoms with Crippen molar-refractivity contribution in [2.45, 2.75) is 32.2 Å². The minimum Gasteiger partial charge on any atom is -0.442 e. The Hall–Kier alpha value is -4.86. The Morgan fingerprint density at radius 3 is 2.22 bits per heavy atom. The van der Waals surface area contributed by atoms with Crippen molar-refractivity contribution in [3.05, 3.63) is 120 Å². The van der Waals surface area contributed by atoms with E-state index in [0.717, 1.165) is 29.0 Å². The highest BCUT2D eigenvalue weighted by molar-refractivity contribution is 5.79. The predicted molar refractivity (Wildman–Crippen MR) is 147 cm³/mol. The van der Waals surface area contributed by atoms with Gasteiger partial charge in [0.25, 0.3) is 0 Å². The fourth-order valence-electron chi connectivity index (χ4n) is 4.07. The predicted octanol–water partition coefficient (Wildman–Crippen LogP) is 7.09. The standard InChI is InChI=1S/C31H28F3N3O4/c1-21(22-13-15-24(16-14-22)31(32,33)34)40-30(39)37-20-23-8-2-3-10-26(23)27-11-4-5-12-28(27)41-29(38)36-19-17-25-9-6-7-18-35-25/h2-16,18,21H,17,19-20H2,1H3,(H,36,38)(H,37,39)/t21-/m0/s1. The van der Waals surface area contributed by atoms with Crippen molar-refractivity contribution in [1.29, 1.82) is 0 Å². The van der Waals surface area contributed by atoms with E-state index in [-0.39, 0.29) is 6.54 Å². The van der Waals surface area contributed by atoms with E-state index in [0.29, 0.717) is 29.8 Å². The molecule has 4 aromatic rings. The Morgan fingerprint density at radius 2 is 1.51 bits per heavy atom. The lowest BCUT2D eigenvalue weighted by Crippen LogP contribution is -2.29. The summed E-state index contributed by atoms with van der Waals surface area (Å²) in [6, 6.07) is 24.4. The van der Waals surface area contributed by atoms with E-state index in [1.54, 1.807) is 31.3 Å². The number of pyridine rings is 1. The molecule has 0 saturated heterocycles. The van der Waals surface area contributed by atoms with Gasteiger partial charge in [0.2, 0.25) is 0 Å². The summed E-state index contributed by atoms with van der Waals surface area (Å²) in [5.41, 5.74) is 2.62. The number of nitrogens with one attached hydrogen (secondary N) is 2. The number of ether oxygens (including phenoxy) is 2. The van der Waals surface area contributed by atoms with Crippen LogP contribution in [0.15, 0.2) is 97.2 Å². The SMILES string of the molecule is C[C@H](OC(=O)NCc1ccccc1-c1ccccc1OC(=O)NCCc1ccccn1)c1ccc(C(F)(F)F)cc1. The first-order valence-corrected chi connectivity index (χ1v) is 12.9. The summed E-state index contributed by atoms with van der Waals surface area (Å²) in [6.07, 6.45) is -4.30. The van der Waals surface area contributed by atoms with Gasteiger partial charge >= 0.3 is 18.4 Å². The lowest BCUT2D eigenvalue weighted by atomic mass is 9.99. The number of nitrogens with zero attached hydrogens (tertiary/aromatic N) is 1. The van der Waals surface area contributed by atoms with Crippen molar-refractivity contribution in [3.8, 4) is 16.9 Å². The van der Waals surface area contributed by atoms with Gasteiger partial charge in [-0.15, -0.1) is 0 Å². The number of hydrogen-bond acceptors (Lipinski definition) is 5. The summed E-state index contributed by atoms with van der Waals surface area (Å²) < 4.78 is 49.4. The summed E-state index contributed by atoms with van der Waals surface area (Å²) in [5, 5.41) is 5.41. The van der Waals surface area contributed by atoms with Gasteiger partial charge < -0.3 is 20.1 Å². The van der Waals surface area contributed by atoms with Gasteiger partial charge in [-0.25, -0.2) is 9.59 Å². The molecule has 4 rings (SSSR count). The molecule has 2 amide bonds. The minimum atomic E-state index is -4.44. The fourth-order valence-corrected chi connectivity index (χ4v) is 4.07. The second-order valence-corrected chi connectivity index (χ2v) is 9.06. The van der Waals surface area contributed by atoms with E-state index in [4.69, 9.17) is 9.47 Å². The first-order chi connectivity index (χ1) is 19.7. The molecule has 0 radical (unpaired) electrons. The van der Waals surface area contributed by atoms with Crippen molar-refractivity contribution < 1.29 is 32.2 Å². The minimum absolute atomic E-state index is 0.0966. The fraction of sp³-hybridized carbons (Fsp3) is 0.194. The molecule has 41 heavy (non-hydrogen) atoms. The van der Waals surface area contributed by atoms with Crippen LogP contribution in [0.3, 0.4) is 0 Å². The second kappa shape index (κ2) is 13.5. The number of rotatable bonds is 9. The van der Waals surface area contributed by atoms with Crippen LogP contribution in [-0.2, 0) is 23.9 Å². The van der Waals surface area contributed by atoms with Crippen LogP contribution in [0.2, 0.25) is 0 Å². The number of alkyl halides is 3. The van der Waals surface area contributed by atoms with Crippen molar-refractivity contribution in [3.63, 3.8) is 0 Å². The maximum atomic E-state index is 12.8. The number of alkyl carbamates (subject to hydrolysis) is 1. The van der Waals surface area contributed by atoms with Crippen molar-refractivity contribution in [2.24, 2.45) is 0 Å². The first-order valence-electron chi connectivity index (χ1n) is 12.9. The molecule has 0 saturated carbocycles. The van der Waals surface area contributed by atoms with Crippen LogP contribution in [0.1, 0.15) is 35.4 Å². The van der Waals surface area contributed by atoms with E-state index in [2.05, 4.69) is 15.6 Å². The summed E-state index contributed by atoms with van der Waals surface area (Å²) in [5.74, 6) is 0.341. The van der Waals surface area contributed by atoms with Gasteiger partial charge in [0.05, 0.1) is 5.56 Å². The molecular weight excluding hydrogens is 535 g/mol. The third kappa shape index (κ3) is 8.31. The zero-order chi connectivity index (χ0) is 29.2. The Balaban J connectivity index is 1.36. The van der Waals surface area contributed by atoms with Gasteiger partial charge in [-0.3, -0.25) is 4.98 Å². The second-order valence-electron chi connectivity index (χ2n) is 9.06. The van der Waals surface area contributed by atoms with Gasteiger partial charge in [0.1, 0.15) is 11.9 Å². The summed E-state index contributed by atoms with van der Waals surface area (Å²) in [7, 11) is 0. The van der Waals surface area contributed by atoms with E-state index in [9.17, 15) is 22.8 Å². The summed E-state index contributed by atoms with van der Waals surface area (Å²) >= 11 is 0. The van der Waals surface area contributed by atoms with Gasteiger partial charge in [0, 0.05) is 37.0 Å². The average molecular weight is 564 g/mol. The van der Waals surface area contributed by atoms with Gasteiger partial charge in [-0.05, 0) is 53.9 Å². The molecule has 212 valence electrons. The molecule has 0 aliphatic heterocycles. The molecule has 0 spiro atoms. The van der Waals surface area contributed by atoms with Gasteiger partial charge in [-0.1, -0.05) is 60.7 Å². The lowest BCUT2D eigenvalue weighted by molar-refractivity contribution is -0.137. The van der Waals surface area contributed by atoms with Crippen LogP contribution in [0.25, 0.3) is 11.1 Å². The Bertz CT molecular complexity index is 1460. The zero-order valence-corrected chi connectivity index (χ0v) is 22.2. The number of amides is 2. The first kappa shape index (κ1) is 29.1. The summed E-state index contributed by atoms with van der Waals surface area (Å²) in [6.45, 7) is 2.02. The molecule has 2 N–H and O–H groups in total.